The molecular formula is C12H23NO2. The van der Waals surface area contributed by atoms with Crippen LogP contribution in [0.2, 0.25) is 0 Å². The first-order valence-corrected chi connectivity index (χ1v) is 5.72. The fourth-order valence-electron chi connectivity index (χ4n) is 2.46. The summed E-state index contributed by atoms with van der Waals surface area (Å²) >= 11 is 0. The summed E-state index contributed by atoms with van der Waals surface area (Å²) < 4.78 is 5.23. The molecule has 0 aromatic rings. The molecule has 0 aliphatic carbocycles. The van der Waals surface area contributed by atoms with Gasteiger partial charge in [-0.25, -0.2) is 0 Å². The standard InChI is InChI=1S/C12H23NO2/c1-6-10(14)15-8-9-7-11(2,3)13-12(9,4)5/h9,13H,6-8H2,1-5H3. The number of nitrogens with one attached hydrogen (secondary N) is 1. The zero-order chi connectivity index (χ0) is 11.7. The molecule has 0 radical (unpaired) electrons. The molecule has 0 spiro atoms. The summed E-state index contributed by atoms with van der Waals surface area (Å²) in [6.45, 7) is 11.1. The van der Waals surface area contributed by atoms with Gasteiger partial charge in [0.25, 0.3) is 0 Å². The van der Waals surface area contributed by atoms with Crippen LogP contribution in [0.5, 0.6) is 0 Å². The molecule has 0 bridgehead atoms. The van der Waals surface area contributed by atoms with Crippen LogP contribution in [0.25, 0.3) is 0 Å². The van der Waals surface area contributed by atoms with Gasteiger partial charge in [-0.15, -0.1) is 0 Å². The van der Waals surface area contributed by atoms with Crippen LogP contribution in [-0.4, -0.2) is 23.7 Å². The molecule has 1 atom stereocenters. The highest BCUT2D eigenvalue weighted by atomic mass is 16.5. The van der Waals surface area contributed by atoms with Gasteiger partial charge in [-0.05, 0) is 34.1 Å². The molecule has 88 valence electrons. The predicted molar refractivity (Wildman–Crippen MR) is 60.7 cm³/mol. The Labute approximate surface area is 92.6 Å². The highest BCUT2D eigenvalue weighted by Crippen LogP contribution is 2.35. The SMILES string of the molecule is CCC(=O)OCC1CC(C)(C)NC1(C)C. The predicted octanol–water partition coefficient (Wildman–Crippen LogP) is 2.11. The van der Waals surface area contributed by atoms with E-state index in [1.165, 1.54) is 0 Å². The third-order valence-electron chi connectivity index (χ3n) is 3.17. The lowest BCUT2D eigenvalue weighted by molar-refractivity contribution is -0.145. The Hall–Kier alpha value is -0.570. The topological polar surface area (TPSA) is 38.3 Å². The van der Waals surface area contributed by atoms with Gasteiger partial charge in [-0.2, -0.15) is 0 Å². The van der Waals surface area contributed by atoms with Crippen LogP contribution >= 0.6 is 0 Å². The second-order valence-corrected chi connectivity index (χ2v) is 5.67. The van der Waals surface area contributed by atoms with Crippen LogP contribution in [0.15, 0.2) is 0 Å². The van der Waals surface area contributed by atoms with Crippen molar-refractivity contribution in [2.45, 2.75) is 58.5 Å². The molecular weight excluding hydrogens is 190 g/mol. The summed E-state index contributed by atoms with van der Waals surface area (Å²) in [6.07, 6.45) is 1.51. The van der Waals surface area contributed by atoms with Crippen molar-refractivity contribution in [3.05, 3.63) is 0 Å². The zero-order valence-electron chi connectivity index (χ0n) is 10.5. The molecule has 1 fully saturated rings. The van der Waals surface area contributed by atoms with Crippen molar-refractivity contribution in [1.82, 2.24) is 5.32 Å². The summed E-state index contributed by atoms with van der Waals surface area (Å²) in [5.41, 5.74) is 0.199. The van der Waals surface area contributed by atoms with Gasteiger partial charge in [-0.3, -0.25) is 4.79 Å². The van der Waals surface area contributed by atoms with Crippen LogP contribution in [0.3, 0.4) is 0 Å². The Balaban J connectivity index is 2.52. The quantitative estimate of drug-likeness (QED) is 0.730. The average Bonchev–Trinajstić information content (AvgIpc) is 2.29. The Morgan fingerprint density at radius 2 is 2.00 bits per heavy atom. The molecule has 15 heavy (non-hydrogen) atoms. The molecule has 1 unspecified atom stereocenters. The number of rotatable bonds is 3. The van der Waals surface area contributed by atoms with E-state index < -0.39 is 0 Å². The summed E-state index contributed by atoms with van der Waals surface area (Å²) in [5, 5.41) is 3.57. The second kappa shape index (κ2) is 4.12. The second-order valence-electron chi connectivity index (χ2n) is 5.67. The molecule has 3 heteroatoms. The van der Waals surface area contributed by atoms with Crippen LogP contribution in [-0.2, 0) is 9.53 Å². The number of hydrogen-bond donors (Lipinski definition) is 1. The van der Waals surface area contributed by atoms with E-state index in [9.17, 15) is 4.79 Å². The number of ether oxygens (including phenoxy) is 1. The maximum Gasteiger partial charge on any atom is 0.305 e. The van der Waals surface area contributed by atoms with Crippen molar-refractivity contribution >= 4 is 5.97 Å². The molecule has 3 nitrogen and oxygen atoms in total. The minimum atomic E-state index is -0.101. The van der Waals surface area contributed by atoms with Crippen LogP contribution in [0, 0.1) is 5.92 Å². The van der Waals surface area contributed by atoms with Crippen LogP contribution in [0.4, 0.5) is 0 Å². The van der Waals surface area contributed by atoms with E-state index in [2.05, 4.69) is 33.0 Å². The lowest BCUT2D eigenvalue weighted by Crippen LogP contribution is -2.45. The summed E-state index contributed by atoms with van der Waals surface area (Å²) in [7, 11) is 0. The highest BCUT2D eigenvalue weighted by Gasteiger charge is 2.44. The Kier molecular flexibility index (Phi) is 3.44. The van der Waals surface area contributed by atoms with Gasteiger partial charge in [0, 0.05) is 23.4 Å². The lowest BCUT2D eigenvalue weighted by Gasteiger charge is -2.28. The first-order chi connectivity index (χ1) is 6.77. The molecule has 0 saturated carbocycles. The minimum absolute atomic E-state index is 0.0531. The summed E-state index contributed by atoms with van der Waals surface area (Å²) in [5.74, 6) is 0.304. The third-order valence-corrected chi connectivity index (χ3v) is 3.17. The normalized spacial score (nSPS) is 27.7. The van der Waals surface area contributed by atoms with Gasteiger partial charge >= 0.3 is 5.97 Å². The van der Waals surface area contributed by atoms with Crippen LogP contribution < -0.4 is 5.32 Å². The molecule has 1 heterocycles. The van der Waals surface area contributed by atoms with E-state index in [0.717, 1.165) is 6.42 Å². The van der Waals surface area contributed by atoms with Crippen molar-refractivity contribution < 1.29 is 9.53 Å². The highest BCUT2D eigenvalue weighted by molar-refractivity contribution is 5.68. The van der Waals surface area contributed by atoms with Gasteiger partial charge in [0.15, 0.2) is 0 Å². The Morgan fingerprint density at radius 3 is 2.40 bits per heavy atom. The molecule has 0 amide bonds. The van der Waals surface area contributed by atoms with E-state index in [1.54, 1.807) is 0 Å². The van der Waals surface area contributed by atoms with Crippen molar-refractivity contribution in [3.8, 4) is 0 Å². The average molecular weight is 213 g/mol. The summed E-state index contributed by atoms with van der Waals surface area (Å²) in [6, 6.07) is 0. The molecule has 1 rings (SSSR count). The Morgan fingerprint density at radius 1 is 1.40 bits per heavy atom. The largest absolute Gasteiger partial charge is 0.465 e. The van der Waals surface area contributed by atoms with Gasteiger partial charge in [-0.1, -0.05) is 6.92 Å². The maximum atomic E-state index is 11.1. The van der Waals surface area contributed by atoms with Crippen LogP contribution in [0.1, 0.15) is 47.5 Å². The molecule has 1 N–H and O–H groups in total. The van der Waals surface area contributed by atoms with Crippen molar-refractivity contribution in [2.75, 3.05) is 6.61 Å². The molecule has 0 aromatic carbocycles. The molecule has 1 aliphatic rings. The smallest absolute Gasteiger partial charge is 0.305 e. The van der Waals surface area contributed by atoms with E-state index in [4.69, 9.17) is 4.74 Å². The van der Waals surface area contributed by atoms with Gasteiger partial charge in [0.1, 0.15) is 0 Å². The zero-order valence-corrected chi connectivity index (χ0v) is 10.5. The molecule has 1 aliphatic heterocycles. The fourth-order valence-corrected chi connectivity index (χ4v) is 2.46. The van der Waals surface area contributed by atoms with Gasteiger partial charge in [0.2, 0.25) is 0 Å². The monoisotopic (exact) mass is 213 g/mol. The van der Waals surface area contributed by atoms with E-state index in [0.29, 0.717) is 18.9 Å². The molecule has 0 aromatic heterocycles. The number of carbonyl (C=O) groups excluding carboxylic acids is 1. The number of carbonyl (C=O) groups is 1. The number of esters is 1. The first kappa shape index (κ1) is 12.5. The Bertz CT molecular complexity index is 246. The van der Waals surface area contributed by atoms with Gasteiger partial charge < -0.3 is 10.1 Å². The maximum absolute atomic E-state index is 11.1. The van der Waals surface area contributed by atoms with Gasteiger partial charge in [0.05, 0.1) is 6.61 Å². The summed E-state index contributed by atoms with van der Waals surface area (Å²) in [4.78, 5) is 11.1. The minimum Gasteiger partial charge on any atom is -0.465 e. The van der Waals surface area contributed by atoms with E-state index in [-0.39, 0.29) is 17.0 Å². The van der Waals surface area contributed by atoms with E-state index >= 15 is 0 Å². The third kappa shape index (κ3) is 3.20. The first-order valence-electron chi connectivity index (χ1n) is 5.72. The number of hydrogen-bond acceptors (Lipinski definition) is 3. The van der Waals surface area contributed by atoms with Crippen molar-refractivity contribution in [1.29, 1.82) is 0 Å². The lowest BCUT2D eigenvalue weighted by atomic mass is 9.88. The fraction of sp³-hybridized carbons (Fsp3) is 0.917. The molecule has 1 saturated heterocycles. The van der Waals surface area contributed by atoms with Crippen molar-refractivity contribution in [3.63, 3.8) is 0 Å². The van der Waals surface area contributed by atoms with E-state index in [1.807, 2.05) is 6.92 Å². The van der Waals surface area contributed by atoms with Crippen molar-refractivity contribution in [2.24, 2.45) is 5.92 Å².